The summed E-state index contributed by atoms with van der Waals surface area (Å²) in [6.07, 6.45) is 6.20. The molecule has 1 amide bonds. The number of nitrogens with zero attached hydrogens (tertiary/aromatic N) is 1. The van der Waals surface area contributed by atoms with Gasteiger partial charge in [0.25, 0.3) is 0 Å². The van der Waals surface area contributed by atoms with Gasteiger partial charge in [-0.2, -0.15) is 0 Å². The molecule has 3 heterocycles. The lowest BCUT2D eigenvalue weighted by atomic mass is 9.65. The lowest BCUT2D eigenvalue weighted by molar-refractivity contribution is -0.134. The van der Waals surface area contributed by atoms with Gasteiger partial charge in [-0.15, -0.1) is 0 Å². The maximum atomic E-state index is 11.6. The first-order valence-electron chi connectivity index (χ1n) is 6.89. The second kappa shape index (κ2) is 4.25. The van der Waals surface area contributed by atoms with Crippen molar-refractivity contribution in [1.29, 1.82) is 0 Å². The molecule has 4 heteroatoms. The molecule has 0 saturated carbocycles. The van der Waals surface area contributed by atoms with Crippen LogP contribution in [0.2, 0.25) is 0 Å². The number of hydrogen-bond acceptors (Lipinski definition) is 3. The van der Waals surface area contributed by atoms with E-state index in [1.807, 2.05) is 0 Å². The predicted molar refractivity (Wildman–Crippen MR) is 64.5 cm³/mol. The summed E-state index contributed by atoms with van der Waals surface area (Å²) in [6.45, 7) is 2.48. The van der Waals surface area contributed by atoms with Crippen molar-refractivity contribution in [1.82, 2.24) is 10.2 Å². The number of hydrogen-bond donors (Lipinski definition) is 2. The topological polar surface area (TPSA) is 52.6 Å². The smallest absolute Gasteiger partial charge is 0.220 e. The predicted octanol–water partition coefficient (Wildman–Crippen LogP) is 0.502. The Hall–Kier alpha value is -0.610. The summed E-state index contributed by atoms with van der Waals surface area (Å²) in [6, 6.07) is 0.650. The van der Waals surface area contributed by atoms with Crippen LogP contribution in [0.15, 0.2) is 0 Å². The van der Waals surface area contributed by atoms with Crippen LogP contribution in [0.4, 0.5) is 0 Å². The van der Waals surface area contributed by atoms with Crippen LogP contribution in [-0.4, -0.2) is 47.7 Å². The second-order valence-electron chi connectivity index (χ2n) is 5.91. The van der Waals surface area contributed by atoms with E-state index in [-0.39, 0.29) is 24.0 Å². The van der Waals surface area contributed by atoms with Gasteiger partial charge in [-0.25, -0.2) is 0 Å². The fraction of sp³-hybridized carbons (Fsp3) is 0.923. The minimum atomic E-state index is -0.0353. The first-order valence-corrected chi connectivity index (χ1v) is 6.89. The van der Waals surface area contributed by atoms with Crippen molar-refractivity contribution in [3.63, 3.8) is 0 Å². The molecular weight excluding hydrogens is 216 g/mol. The molecule has 17 heavy (non-hydrogen) atoms. The quantitative estimate of drug-likeness (QED) is 0.699. The minimum absolute atomic E-state index is 0.0353. The van der Waals surface area contributed by atoms with E-state index in [0.29, 0.717) is 12.5 Å². The van der Waals surface area contributed by atoms with E-state index in [1.165, 1.54) is 25.8 Å². The van der Waals surface area contributed by atoms with Crippen molar-refractivity contribution in [2.75, 3.05) is 19.7 Å². The zero-order valence-corrected chi connectivity index (χ0v) is 10.3. The van der Waals surface area contributed by atoms with Gasteiger partial charge in [-0.05, 0) is 38.8 Å². The van der Waals surface area contributed by atoms with Gasteiger partial charge < -0.3 is 10.4 Å². The molecule has 96 valence electrons. The average Bonchev–Trinajstić information content (AvgIpc) is 2.39. The molecule has 3 atom stereocenters. The molecule has 0 radical (unpaired) electrons. The molecule has 0 aromatic rings. The summed E-state index contributed by atoms with van der Waals surface area (Å²) in [5.74, 6) is 0.173. The third kappa shape index (κ3) is 1.78. The molecule has 0 spiro atoms. The van der Waals surface area contributed by atoms with E-state index in [4.69, 9.17) is 0 Å². The van der Waals surface area contributed by atoms with E-state index in [0.717, 1.165) is 19.4 Å². The van der Waals surface area contributed by atoms with Gasteiger partial charge in [-0.3, -0.25) is 9.69 Å². The molecule has 0 aromatic heterocycles. The van der Waals surface area contributed by atoms with Crippen LogP contribution in [-0.2, 0) is 4.79 Å². The monoisotopic (exact) mass is 238 g/mol. The van der Waals surface area contributed by atoms with Gasteiger partial charge in [0.15, 0.2) is 0 Å². The molecule has 3 unspecified atom stereocenters. The van der Waals surface area contributed by atoms with Crippen molar-refractivity contribution < 1.29 is 9.90 Å². The van der Waals surface area contributed by atoms with Crippen molar-refractivity contribution >= 4 is 5.91 Å². The zero-order chi connectivity index (χ0) is 11.9. The maximum absolute atomic E-state index is 11.6. The van der Waals surface area contributed by atoms with Crippen LogP contribution in [0.25, 0.3) is 0 Å². The van der Waals surface area contributed by atoms with Crippen LogP contribution in [0.5, 0.6) is 0 Å². The Morgan fingerprint density at radius 2 is 2.24 bits per heavy atom. The molecule has 3 fully saturated rings. The Labute approximate surface area is 102 Å². The number of carbonyl (C=O) groups excluding carboxylic acids is 1. The summed E-state index contributed by atoms with van der Waals surface area (Å²) < 4.78 is 0. The van der Waals surface area contributed by atoms with E-state index >= 15 is 0 Å². The molecule has 0 aliphatic carbocycles. The number of aliphatic hydroxyl groups excluding tert-OH is 1. The standard InChI is InChI=1S/C13H22N2O2/c16-9-13-5-4-11(17)14-12(13)10-3-1-2-7-15(10)8-6-13/h10,12,16H,1-9H2,(H,14,17). The van der Waals surface area contributed by atoms with Gasteiger partial charge in [0.2, 0.25) is 5.91 Å². The highest BCUT2D eigenvalue weighted by Crippen LogP contribution is 2.43. The van der Waals surface area contributed by atoms with Crippen molar-refractivity contribution in [2.45, 2.75) is 50.6 Å². The lowest BCUT2D eigenvalue weighted by Crippen LogP contribution is -2.68. The van der Waals surface area contributed by atoms with Gasteiger partial charge in [0, 0.05) is 17.9 Å². The van der Waals surface area contributed by atoms with Crippen LogP contribution >= 0.6 is 0 Å². The molecule has 2 N–H and O–H groups in total. The molecule has 4 nitrogen and oxygen atoms in total. The highest BCUT2D eigenvalue weighted by atomic mass is 16.3. The van der Waals surface area contributed by atoms with E-state index < -0.39 is 0 Å². The maximum Gasteiger partial charge on any atom is 0.220 e. The van der Waals surface area contributed by atoms with Gasteiger partial charge in [-0.1, -0.05) is 6.42 Å². The summed E-state index contributed by atoms with van der Waals surface area (Å²) >= 11 is 0. The number of piperidine rings is 3. The highest BCUT2D eigenvalue weighted by Gasteiger charge is 2.51. The molecule has 3 rings (SSSR count). The van der Waals surface area contributed by atoms with Crippen LogP contribution in [0.1, 0.15) is 38.5 Å². The number of rotatable bonds is 1. The average molecular weight is 238 g/mol. The van der Waals surface area contributed by atoms with Crippen molar-refractivity contribution in [3.8, 4) is 0 Å². The molecule has 3 aliphatic heterocycles. The molecule has 0 bridgehead atoms. The third-order valence-corrected chi connectivity index (χ3v) is 5.09. The van der Waals surface area contributed by atoms with Crippen molar-refractivity contribution in [2.24, 2.45) is 5.41 Å². The fourth-order valence-corrected chi connectivity index (χ4v) is 4.00. The summed E-state index contributed by atoms with van der Waals surface area (Å²) in [4.78, 5) is 14.2. The van der Waals surface area contributed by atoms with E-state index in [9.17, 15) is 9.90 Å². The van der Waals surface area contributed by atoms with Crippen molar-refractivity contribution in [3.05, 3.63) is 0 Å². The zero-order valence-electron chi connectivity index (χ0n) is 10.3. The Balaban J connectivity index is 1.86. The molecular formula is C13H22N2O2. The molecule has 3 saturated heterocycles. The summed E-state index contributed by atoms with van der Waals surface area (Å²) in [7, 11) is 0. The number of carbonyl (C=O) groups is 1. The minimum Gasteiger partial charge on any atom is -0.396 e. The fourth-order valence-electron chi connectivity index (χ4n) is 4.00. The van der Waals surface area contributed by atoms with Crippen LogP contribution < -0.4 is 5.32 Å². The van der Waals surface area contributed by atoms with E-state index in [1.54, 1.807) is 0 Å². The summed E-state index contributed by atoms with van der Waals surface area (Å²) in [5.41, 5.74) is -0.0353. The Morgan fingerprint density at radius 1 is 1.35 bits per heavy atom. The number of amides is 1. The van der Waals surface area contributed by atoms with Gasteiger partial charge in [0.05, 0.1) is 12.6 Å². The van der Waals surface area contributed by atoms with E-state index in [2.05, 4.69) is 10.2 Å². The van der Waals surface area contributed by atoms with Gasteiger partial charge in [0.1, 0.15) is 0 Å². The first-order chi connectivity index (χ1) is 8.25. The Bertz CT molecular complexity index is 321. The number of fused-ring (bicyclic) bond motifs is 3. The van der Waals surface area contributed by atoms with Crippen LogP contribution in [0.3, 0.4) is 0 Å². The normalized spacial score (nSPS) is 42.5. The Kier molecular flexibility index (Phi) is 2.87. The lowest BCUT2D eigenvalue weighted by Gasteiger charge is -2.55. The molecule has 3 aliphatic rings. The SMILES string of the molecule is O=C1CCC2(CO)CCN3CCCCC3C2N1. The largest absolute Gasteiger partial charge is 0.396 e. The second-order valence-corrected chi connectivity index (χ2v) is 5.91. The Morgan fingerprint density at radius 3 is 3.06 bits per heavy atom. The van der Waals surface area contributed by atoms with Gasteiger partial charge >= 0.3 is 0 Å². The third-order valence-electron chi connectivity index (χ3n) is 5.09. The number of aliphatic hydroxyl groups is 1. The van der Waals surface area contributed by atoms with Crippen LogP contribution in [0, 0.1) is 5.41 Å². The highest BCUT2D eigenvalue weighted by molar-refractivity contribution is 5.77. The molecule has 0 aromatic carbocycles. The number of nitrogens with one attached hydrogen (secondary N) is 1. The first kappa shape index (κ1) is 11.5. The summed E-state index contributed by atoms with van der Waals surface area (Å²) in [5, 5.41) is 13.0.